The molecule has 1 rings (SSSR count). The fraction of sp³-hybridized carbons (Fsp3) is 0.909. The maximum Gasteiger partial charge on any atom is 0.237 e. The van der Waals surface area contributed by atoms with E-state index in [4.69, 9.17) is 5.73 Å². The Balaban J connectivity index is 2.35. The van der Waals surface area contributed by atoms with Gasteiger partial charge in [0.05, 0.1) is 6.04 Å². The minimum Gasteiger partial charge on any atom is -0.350 e. The maximum atomic E-state index is 11.7. The first-order chi connectivity index (χ1) is 7.15. The third kappa shape index (κ3) is 3.80. The van der Waals surface area contributed by atoms with Crippen LogP contribution >= 0.6 is 0 Å². The van der Waals surface area contributed by atoms with Crippen molar-refractivity contribution < 1.29 is 4.79 Å². The average molecular weight is 213 g/mol. The van der Waals surface area contributed by atoms with E-state index in [-0.39, 0.29) is 18.0 Å². The van der Waals surface area contributed by atoms with Crippen LogP contribution in [0.25, 0.3) is 0 Å². The molecular formula is C11H23N3O. The zero-order valence-corrected chi connectivity index (χ0v) is 9.75. The molecule has 0 aromatic carbocycles. The van der Waals surface area contributed by atoms with E-state index in [1.807, 2.05) is 6.92 Å². The molecule has 0 saturated carbocycles. The molecule has 3 unspecified atom stereocenters. The monoisotopic (exact) mass is 213 g/mol. The van der Waals surface area contributed by atoms with Crippen LogP contribution < -0.4 is 16.4 Å². The molecule has 3 atom stereocenters. The predicted octanol–water partition coefficient (Wildman–Crippen LogP) is 0.371. The first kappa shape index (κ1) is 12.5. The summed E-state index contributed by atoms with van der Waals surface area (Å²) in [4.78, 5) is 11.7. The van der Waals surface area contributed by atoms with Crippen molar-refractivity contribution in [1.82, 2.24) is 10.6 Å². The molecule has 0 spiro atoms. The van der Waals surface area contributed by atoms with E-state index in [0.29, 0.717) is 6.04 Å². The van der Waals surface area contributed by atoms with E-state index in [1.54, 1.807) is 0 Å². The lowest BCUT2D eigenvalue weighted by Gasteiger charge is -2.31. The van der Waals surface area contributed by atoms with Crippen molar-refractivity contribution in [3.63, 3.8) is 0 Å². The van der Waals surface area contributed by atoms with Gasteiger partial charge in [0.15, 0.2) is 0 Å². The second-order valence-electron chi connectivity index (χ2n) is 4.40. The first-order valence-electron chi connectivity index (χ1n) is 5.94. The lowest BCUT2D eigenvalue weighted by Crippen LogP contribution is -2.55. The SMILES string of the molecule is CCCC(N)C(=O)NC1CCCNC1C. The molecule has 0 aromatic rings. The quantitative estimate of drug-likeness (QED) is 0.632. The minimum absolute atomic E-state index is 0.00241. The van der Waals surface area contributed by atoms with Crippen LogP contribution in [0.3, 0.4) is 0 Å². The molecule has 4 heteroatoms. The van der Waals surface area contributed by atoms with Gasteiger partial charge in [-0.15, -0.1) is 0 Å². The number of hydrogen-bond acceptors (Lipinski definition) is 3. The van der Waals surface area contributed by atoms with Crippen LogP contribution in [0.15, 0.2) is 0 Å². The number of nitrogens with one attached hydrogen (secondary N) is 2. The summed E-state index contributed by atoms with van der Waals surface area (Å²) in [6, 6.07) is 0.259. The minimum atomic E-state index is -0.343. The Bertz CT molecular complexity index is 208. The van der Waals surface area contributed by atoms with Crippen molar-refractivity contribution in [2.24, 2.45) is 5.73 Å². The van der Waals surface area contributed by atoms with Crippen LogP contribution in [0.4, 0.5) is 0 Å². The smallest absolute Gasteiger partial charge is 0.237 e. The summed E-state index contributed by atoms with van der Waals surface area (Å²) in [6.45, 7) is 5.20. The van der Waals surface area contributed by atoms with Crippen molar-refractivity contribution in [2.45, 2.75) is 57.7 Å². The zero-order valence-electron chi connectivity index (χ0n) is 9.75. The van der Waals surface area contributed by atoms with Gasteiger partial charge in [0.25, 0.3) is 0 Å². The summed E-state index contributed by atoms with van der Waals surface area (Å²) in [5.74, 6) is -0.00241. The van der Waals surface area contributed by atoms with Gasteiger partial charge in [0.2, 0.25) is 5.91 Å². The molecule has 1 fully saturated rings. The molecule has 0 aromatic heterocycles. The van der Waals surface area contributed by atoms with Gasteiger partial charge in [-0.25, -0.2) is 0 Å². The predicted molar refractivity (Wildman–Crippen MR) is 61.5 cm³/mol. The molecule has 1 aliphatic rings. The fourth-order valence-electron chi connectivity index (χ4n) is 1.97. The summed E-state index contributed by atoms with van der Waals surface area (Å²) in [5.41, 5.74) is 5.76. The van der Waals surface area contributed by atoms with Gasteiger partial charge in [0.1, 0.15) is 0 Å². The topological polar surface area (TPSA) is 67.2 Å². The van der Waals surface area contributed by atoms with Crippen molar-refractivity contribution in [2.75, 3.05) is 6.54 Å². The van der Waals surface area contributed by atoms with Crippen molar-refractivity contribution >= 4 is 5.91 Å². The Morgan fingerprint density at radius 2 is 2.40 bits per heavy atom. The van der Waals surface area contributed by atoms with Crippen LogP contribution in [0.5, 0.6) is 0 Å². The zero-order chi connectivity index (χ0) is 11.3. The van der Waals surface area contributed by atoms with Crippen LogP contribution in [0, 0.1) is 0 Å². The number of rotatable bonds is 4. The van der Waals surface area contributed by atoms with Gasteiger partial charge in [-0.1, -0.05) is 13.3 Å². The highest BCUT2D eigenvalue weighted by molar-refractivity contribution is 5.81. The molecule has 1 saturated heterocycles. The van der Waals surface area contributed by atoms with Gasteiger partial charge < -0.3 is 16.4 Å². The first-order valence-corrected chi connectivity index (χ1v) is 5.94. The molecular weight excluding hydrogens is 190 g/mol. The van der Waals surface area contributed by atoms with E-state index in [1.165, 1.54) is 0 Å². The van der Waals surface area contributed by atoms with Crippen LogP contribution in [0.1, 0.15) is 39.5 Å². The van der Waals surface area contributed by atoms with Crippen molar-refractivity contribution in [1.29, 1.82) is 0 Å². The second-order valence-corrected chi connectivity index (χ2v) is 4.40. The van der Waals surface area contributed by atoms with E-state index in [2.05, 4.69) is 17.6 Å². The molecule has 88 valence electrons. The Morgan fingerprint density at radius 3 is 3.00 bits per heavy atom. The number of piperidine rings is 1. The molecule has 0 aliphatic carbocycles. The number of amides is 1. The van der Waals surface area contributed by atoms with Crippen LogP contribution in [-0.4, -0.2) is 30.6 Å². The number of nitrogens with two attached hydrogens (primary N) is 1. The standard InChI is InChI=1S/C11H23N3O/c1-3-5-9(12)11(15)14-10-6-4-7-13-8(10)2/h8-10,13H,3-7,12H2,1-2H3,(H,14,15). The lowest BCUT2D eigenvalue weighted by molar-refractivity contribution is -0.123. The third-order valence-electron chi connectivity index (χ3n) is 3.03. The highest BCUT2D eigenvalue weighted by Crippen LogP contribution is 2.08. The van der Waals surface area contributed by atoms with Crippen molar-refractivity contribution in [3.8, 4) is 0 Å². The Kier molecular flexibility index (Phi) is 5.05. The summed E-state index contributed by atoms with van der Waals surface area (Å²) < 4.78 is 0. The van der Waals surface area contributed by atoms with Gasteiger partial charge >= 0.3 is 0 Å². The molecule has 1 aliphatic heterocycles. The summed E-state index contributed by atoms with van der Waals surface area (Å²) in [5, 5.41) is 6.38. The number of hydrogen-bond donors (Lipinski definition) is 3. The normalized spacial score (nSPS) is 28.5. The van der Waals surface area contributed by atoms with E-state index < -0.39 is 0 Å². The van der Waals surface area contributed by atoms with E-state index in [0.717, 1.165) is 32.2 Å². The molecule has 1 amide bonds. The Morgan fingerprint density at radius 1 is 1.67 bits per heavy atom. The number of carbonyl (C=O) groups is 1. The largest absolute Gasteiger partial charge is 0.350 e. The number of carbonyl (C=O) groups excluding carboxylic acids is 1. The molecule has 1 heterocycles. The molecule has 15 heavy (non-hydrogen) atoms. The van der Waals surface area contributed by atoms with Gasteiger partial charge in [-0.3, -0.25) is 4.79 Å². The summed E-state index contributed by atoms with van der Waals surface area (Å²) in [7, 11) is 0. The molecule has 4 N–H and O–H groups in total. The van der Waals surface area contributed by atoms with E-state index >= 15 is 0 Å². The van der Waals surface area contributed by atoms with Gasteiger partial charge in [-0.05, 0) is 32.7 Å². The summed E-state index contributed by atoms with van der Waals surface area (Å²) >= 11 is 0. The summed E-state index contributed by atoms with van der Waals surface area (Å²) in [6.07, 6.45) is 3.89. The fourth-order valence-corrected chi connectivity index (χ4v) is 1.97. The second kappa shape index (κ2) is 6.08. The average Bonchev–Trinajstić information content (AvgIpc) is 2.21. The van der Waals surface area contributed by atoms with E-state index in [9.17, 15) is 4.79 Å². The Hall–Kier alpha value is -0.610. The van der Waals surface area contributed by atoms with Crippen molar-refractivity contribution in [3.05, 3.63) is 0 Å². The maximum absolute atomic E-state index is 11.7. The highest BCUT2D eigenvalue weighted by Gasteiger charge is 2.24. The third-order valence-corrected chi connectivity index (χ3v) is 3.03. The molecule has 4 nitrogen and oxygen atoms in total. The highest BCUT2D eigenvalue weighted by atomic mass is 16.2. The van der Waals surface area contributed by atoms with Crippen LogP contribution in [0.2, 0.25) is 0 Å². The van der Waals surface area contributed by atoms with Gasteiger partial charge in [-0.2, -0.15) is 0 Å². The van der Waals surface area contributed by atoms with Gasteiger partial charge in [0, 0.05) is 12.1 Å². The Labute approximate surface area is 92.0 Å². The molecule has 0 radical (unpaired) electrons. The van der Waals surface area contributed by atoms with Crippen LogP contribution in [-0.2, 0) is 4.79 Å². The molecule has 0 bridgehead atoms. The lowest BCUT2D eigenvalue weighted by atomic mass is 9.99.